The fourth-order valence-electron chi connectivity index (χ4n) is 1.15. The lowest BCUT2D eigenvalue weighted by Gasteiger charge is -2.18. The van der Waals surface area contributed by atoms with Crippen LogP contribution in [0.4, 0.5) is 4.79 Å². The van der Waals surface area contributed by atoms with Crippen molar-refractivity contribution in [3.8, 4) is 0 Å². The third-order valence-electron chi connectivity index (χ3n) is 2.05. The summed E-state index contributed by atoms with van der Waals surface area (Å²) in [5.41, 5.74) is 0. The van der Waals surface area contributed by atoms with Crippen molar-refractivity contribution >= 4 is 11.9 Å². The van der Waals surface area contributed by atoms with E-state index in [0.717, 1.165) is 6.42 Å². The highest BCUT2D eigenvalue weighted by Crippen LogP contribution is 1.87. The first kappa shape index (κ1) is 13.7. The van der Waals surface area contributed by atoms with Gasteiger partial charge in [0.05, 0.1) is 6.54 Å². The lowest BCUT2D eigenvalue weighted by molar-refractivity contribution is -0.129. The summed E-state index contributed by atoms with van der Waals surface area (Å²) in [5, 5.41) is 5.17. The minimum absolute atomic E-state index is 0.0494. The molecule has 15 heavy (non-hydrogen) atoms. The zero-order chi connectivity index (χ0) is 11.7. The van der Waals surface area contributed by atoms with Crippen LogP contribution in [-0.4, -0.2) is 43.0 Å². The second-order valence-corrected chi connectivity index (χ2v) is 3.18. The Labute approximate surface area is 91.2 Å². The second kappa shape index (κ2) is 8.08. The predicted octanol–water partition coefficient (Wildman–Crippen LogP) is 0.564. The van der Waals surface area contributed by atoms with Crippen molar-refractivity contribution in [2.75, 3.05) is 26.2 Å². The van der Waals surface area contributed by atoms with Gasteiger partial charge in [-0.3, -0.25) is 4.79 Å². The maximum absolute atomic E-state index is 11.5. The molecule has 88 valence electrons. The summed E-state index contributed by atoms with van der Waals surface area (Å²) < 4.78 is 0. The van der Waals surface area contributed by atoms with Gasteiger partial charge in [0.25, 0.3) is 0 Å². The van der Waals surface area contributed by atoms with Gasteiger partial charge < -0.3 is 15.5 Å². The van der Waals surface area contributed by atoms with E-state index >= 15 is 0 Å². The molecular weight excluding hydrogens is 194 g/mol. The average molecular weight is 215 g/mol. The number of carbonyl (C=O) groups is 2. The summed E-state index contributed by atoms with van der Waals surface area (Å²) >= 11 is 0. The first-order valence-corrected chi connectivity index (χ1v) is 5.45. The van der Waals surface area contributed by atoms with E-state index in [-0.39, 0.29) is 18.5 Å². The van der Waals surface area contributed by atoms with Crippen LogP contribution in [0, 0.1) is 0 Å². The third-order valence-corrected chi connectivity index (χ3v) is 2.05. The number of nitrogens with one attached hydrogen (secondary N) is 2. The highest BCUT2D eigenvalue weighted by atomic mass is 16.2. The van der Waals surface area contributed by atoms with Crippen molar-refractivity contribution in [1.82, 2.24) is 15.5 Å². The molecule has 0 atom stereocenters. The molecule has 0 saturated carbocycles. The molecule has 0 aliphatic rings. The Morgan fingerprint density at radius 3 is 2.13 bits per heavy atom. The fourth-order valence-corrected chi connectivity index (χ4v) is 1.15. The molecule has 0 saturated heterocycles. The number of rotatable bonds is 6. The zero-order valence-corrected chi connectivity index (χ0v) is 9.80. The third kappa shape index (κ3) is 5.93. The van der Waals surface area contributed by atoms with Gasteiger partial charge in [0.2, 0.25) is 5.91 Å². The molecule has 5 nitrogen and oxygen atoms in total. The summed E-state index contributed by atoms with van der Waals surface area (Å²) in [7, 11) is 0. The number of carbonyl (C=O) groups excluding carboxylic acids is 2. The average Bonchev–Trinajstić information content (AvgIpc) is 2.25. The number of hydrogen-bond donors (Lipinski definition) is 2. The lowest BCUT2D eigenvalue weighted by atomic mass is 10.4. The standard InChI is InChI=1S/C10H21N3O2/c1-4-7-11-10(15)12-8-9(14)13(5-2)6-3/h4-8H2,1-3H3,(H2,11,12,15). The van der Waals surface area contributed by atoms with Crippen LogP contribution >= 0.6 is 0 Å². The molecule has 0 aromatic rings. The lowest BCUT2D eigenvalue weighted by Crippen LogP contribution is -2.43. The van der Waals surface area contributed by atoms with Crippen molar-refractivity contribution in [2.24, 2.45) is 0 Å². The van der Waals surface area contributed by atoms with Gasteiger partial charge in [-0.1, -0.05) is 6.92 Å². The normalized spacial score (nSPS) is 9.53. The number of nitrogens with zero attached hydrogens (tertiary/aromatic N) is 1. The van der Waals surface area contributed by atoms with Gasteiger partial charge in [-0.25, -0.2) is 4.79 Å². The van der Waals surface area contributed by atoms with Crippen molar-refractivity contribution in [1.29, 1.82) is 0 Å². The van der Waals surface area contributed by atoms with E-state index in [1.54, 1.807) is 4.90 Å². The van der Waals surface area contributed by atoms with E-state index in [4.69, 9.17) is 0 Å². The molecule has 0 aliphatic heterocycles. The number of likely N-dealkylation sites (N-methyl/N-ethyl adjacent to an activating group) is 1. The van der Waals surface area contributed by atoms with E-state index in [0.29, 0.717) is 19.6 Å². The molecule has 0 spiro atoms. The van der Waals surface area contributed by atoms with Gasteiger partial charge in [0, 0.05) is 19.6 Å². The van der Waals surface area contributed by atoms with Crippen LogP contribution in [0.25, 0.3) is 0 Å². The first-order valence-electron chi connectivity index (χ1n) is 5.45. The molecule has 0 heterocycles. The largest absolute Gasteiger partial charge is 0.342 e. The fraction of sp³-hybridized carbons (Fsp3) is 0.800. The molecule has 0 fully saturated rings. The van der Waals surface area contributed by atoms with Crippen LogP contribution in [0.5, 0.6) is 0 Å². The molecule has 2 N–H and O–H groups in total. The number of amides is 3. The van der Waals surface area contributed by atoms with Crippen LogP contribution in [0.2, 0.25) is 0 Å². The van der Waals surface area contributed by atoms with Crippen LogP contribution in [0.1, 0.15) is 27.2 Å². The van der Waals surface area contributed by atoms with Crippen molar-refractivity contribution in [3.05, 3.63) is 0 Å². The molecule has 0 rings (SSSR count). The summed E-state index contributed by atoms with van der Waals surface area (Å²) in [4.78, 5) is 24.3. The number of urea groups is 1. The molecule has 0 aromatic heterocycles. The maximum Gasteiger partial charge on any atom is 0.315 e. The molecular formula is C10H21N3O2. The maximum atomic E-state index is 11.5. The van der Waals surface area contributed by atoms with Crippen molar-refractivity contribution in [3.63, 3.8) is 0 Å². The number of hydrogen-bond acceptors (Lipinski definition) is 2. The van der Waals surface area contributed by atoms with Gasteiger partial charge >= 0.3 is 6.03 Å². The summed E-state index contributed by atoms with van der Waals surface area (Å²) in [6.07, 6.45) is 0.886. The van der Waals surface area contributed by atoms with E-state index in [1.165, 1.54) is 0 Å². The van der Waals surface area contributed by atoms with E-state index < -0.39 is 0 Å². The Kier molecular flexibility index (Phi) is 7.40. The van der Waals surface area contributed by atoms with Gasteiger partial charge in [0.15, 0.2) is 0 Å². The minimum Gasteiger partial charge on any atom is -0.342 e. The first-order chi connectivity index (χ1) is 7.15. The molecule has 3 amide bonds. The molecule has 0 aromatic carbocycles. The highest BCUT2D eigenvalue weighted by Gasteiger charge is 2.09. The molecule has 0 unspecified atom stereocenters. The topological polar surface area (TPSA) is 61.4 Å². The Balaban J connectivity index is 3.74. The quantitative estimate of drug-likeness (QED) is 0.680. The Hall–Kier alpha value is -1.26. The van der Waals surface area contributed by atoms with Gasteiger partial charge in [0.1, 0.15) is 0 Å². The second-order valence-electron chi connectivity index (χ2n) is 3.18. The minimum atomic E-state index is -0.280. The summed E-state index contributed by atoms with van der Waals surface area (Å²) in [6.45, 7) is 7.85. The van der Waals surface area contributed by atoms with Crippen LogP contribution in [0.3, 0.4) is 0 Å². The van der Waals surface area contributed by atoms with E-state index in [9.17, 15) is 9.59 Å². The molecule has 0 bridgehead atoms. The Morgan fingerprint density at radius 1 is 1.07 bits per heavy atom. The van der Waals surface area contributed by atoms with Crippen molar-refractivity contribution in [2.45, 2.75) is 27.2 Å². The molecule has 0 radical (unpaired) electrons. The summed E-state index contributed by atoms with van der Waals surface area (Å²) in [6, 6.07) is -0.280. The smallest absolute Gasteiger partial charge is 0.315 e. The van der Waals surface area contributed by atoms with Crippen molar-refractivity contribution < 1.29 is 9.59 Å². The zero-order valence-electron chi connectivity index (χ0n) is 9.80. The van der Waals surface area contributed by atoms with Crippen LogP contribution in [0.15, 0.2) is 0 Å². The van der Waals surface area contributed by atoms with E-state index in [2.05, 4.69) is 10.6 Å². The van der Waals surface area contributed by atoms with Crippen LogP contribution in [-0.2, 0) is 4.79 Å². The van der Waals surface area contributed by atoms with Gasteiger partial charge in [-0.2, -0.15) is 0 Å². The Morgan fingerprint density at radius 2 is 1.67 bits per heavy atom. The molecule has 0 aliphatic carbocycles. The predicted molar refractivity (Wildman–Crippen MR) is 59.6 cm³/mol. The SMILES string of the molecule is CCCNC(=O)NCC(=O)N(CC)CC. The molecule has 5 heteroatoms. The Bertz CT molecular complexity index is 203. The van der Waals surface area contributed by atoms with E-state index in [1.807, 2.05) is 20.8 Å². The summed E-state index contributed by atoms with van der Waals surface area (Å²) in [5.74, 6) is -0.0494. The van der Waals surface area contributed by atoms with Gasteiger partial charge in [-0.15, -0.1) is 0 Å². The highest BCUT2D eigenvalue weighted by molar-refractivity contribution is 5.83. The van der Waals surface area contributed by atoms with Crippen LogP contribution < -0.4 is 10.6 Å². The monoisotopic (exact) mass is 215 g/mol. The van der Waals surface area contributed by atoms with Gasteiger partial charge in [-0.05, 0) is 20.3 Å².